The quantitative estimate of drug-likeness (QED) is 0.540. The highest BCUT2D eigenvalue weighted by Gasteiger charge is 2.51. The molecule has 0 bridgehead atoms. The molecular weight excluding hydrogens is 168 g/mol. The van der Waals surface area contributed by atoms with E-state index in [9.17, 15) is 9.59 Å². The largest absolute Gasteiger partial charge is 0.477 e. The first-order chi connectivity index (χ1) is 5.59. The molecule has 1 saturated heterocycles. The zero-order valence-electron chi connectivity index (χ0n) is 6.15. The Labute approximate surface area is 67.7 Å². The van der Waals surface area contributed by atoms with Gasteiger partial charge < -0.3 is 19.7 Å². The van der Waals surface area contributed by atoms with Crippen molar-refractivity contribution in [2.24, 2.45) is 0 Å². The number of carbonyl (C=O) groups is 2. The summed E-state index contributed by atoms with van der Waals surface area (Å²) in [7, 11) is 0. The van der Waals surface area contributed by atoms with Gasteiger partial charge in [-0.3, -0.25) is 0 Å². The zero-order valence-corrected chi connectivity index (χ0v) is 6.15. The van der Waals surface area contributed by atoms with E-state index < -0.39 is 17.7 Å². The van der Waals surface area contributed by atoms with Crippen LogP contribution in [0.1, 0.15) is 6.42 Å². The SMILES string of the molecule is O=C(O)C1(C(=O)O)OCCCO1. The van der Waals surface area contributed by atoms with Crippen molar-refractivity contribution in [2.45, 2.75) is 12.2 Å². The van der Waals surface area contributed by atoms with Gasteiger partial charge in [0.05, 0.1) is 13.2 Å². The summed E-state index contributed by atoms with van der Waals surface area (Å²) in [5.74, 6) is -5.75. The Kier molecular flexibility index (Phi) is 2.30. The molecule has 0 atom stereocenters. The van der Waals surface area contributed by atoms with Crippen LogP contribution < -0.4 is 0 Å². The van der Waals surface area contributed by atoms with Crippen LogP contribution in [0.3, 0.4) is 0 Å². The molecule has 68 valence electrons. The number of aliphatic carboxylic acids is 2. The maximum Gasteiger partial charge on any atom is 0.377 e. The molecule has 0 aromatic rings. The highest BCUT2D eigenvalue weighted by atomic mass is 16.7. The highest BCUT2D eigenvalue weighted by molar-refractivity contribution is 6.00. The minimum Gasteiger partial charge on any atom is -0.477 e. The highest BCUT2D eigenvalue weighted by Crippen LogP contribution is 2.19. The fraction of sp³-hybridized carbons (Fsp3) is 0.667. The topological polar surface area (TPSA) is 93.1 Å². The van der Waals surface area contributed by atoms with Gasteiger partial charge in [0.25, 0.3) is 0 Å². The van der Waals surface area contributed by atoms with Crippen LogP contribution in [0.25, 0.3) is 0 Å². The molecule has 0 spiro atoms. The van der Waals surface area contributed by atoms with Crippen molar-refractivity contribution in [1.82, 2.24) is 0 Å². The molecule has 1 aliphatic rings. The summed E-state index contributed by atoms with van der Waals surface area (Å²) in [6, 6.07) is 0. The lowest BCUT2D eigenvalue weighted by Gasteiger charge is -2.28. The van der Waals surface area contributed by atoms with Crippen LogP contribution in [0.4, 0.5) is 0 Å². The summed E-state index contributed by atoms with van der Waals surface area (Å²) in [5, 5.41) is 17.1. The first-order valence-corrected chi connectivity index (χ1v) is 3.34. The summed E-state index contributed by atoms with van der Waals surface area (Å²) in [4.78, 5) is 21.0. The van der Waals surface area contributed by atoms with Gasteiger partial charge in [-0.2, -0.15) is 0 Å². The van der Waals surface area contributed by atoms with Gasteiger partial charge in [-0.1, -0.05) is 0 Å². The first-order valence-electron chi connectivity index (χ1n) is 3.34. The van der Waals surface area contributed by atoms with E-state index in [0.717, 1.165) is 0 Å². The van der Waals surface area contributed by atoms with Crippen molar-refractivity contribution in [1.29, 1.82) is 0 Å². The Morgan fingerprint density at radius 3 is 1.75 bits per heavy atom. The van der Waals surface area contributed by atoms with Crippen LogP contribution >= 0.6 is 0 Å². The van der Waals surface area contributed by atoms with Crippen molar-refractivity contribution < 1.29 is 29.3 Å². The average molecular weight is 176 g/mol. The second-order valence-electron chi connectivity index (χ2n) is 2.28. The van der Waals surface area contributed by atoms with Crippen LogP contribution in [-0.2, 0) is 19.1 Å². The molecule has 1 heterocycles. The summed E-state index contributed by atoms with van der Waals surface area (Å²) >= 11 is 0. The summed E-state index contributed by atoms with van der Waals surface area (Å²) in [5.41, 5.74) is 0. The summed E-state index contributed by atoms with van der Waals surface area (Å²) in [6.45, 7) is 0.164. The number of ether oxygens (including phenoxy) is 2. The molecule has 12 heavy (non-hydrogen) atoms. The smallest absolute Gasteiger partial charge is 0.377 e. The van der Waals surface area contributed by atoms with Crippen LogP contribution in [0, 0.1) is 0 Å². The Bertz CT molecular complexity index is 188. The van der Waals surface area contributed by atoms with E-state index in [1.807, 2.05) is 0 Å². The van der Waals surface area contributed by atoms with E-state index in [0.29, 0.717) is 6.42 Å². The number of hydrogen-bond donors (Lipinski definition) is 2. The van der Waals surface area contributed by atoms with Gasteiger partial charge >= 0.3 is 17.7 Å². The number of hydrogen-bond acceptors (Lipinski definition) is 4. The maximum absolute atomic E-state index is 10.5. The number of carboxylic acid groups (broad SMARTS) is 2. The van der Waals surface area contributed by atoms with Crippen LogP contribution in [0.2, 0.25) is 0 Å². The van der Waals surface area contributed by atoms with Gasteiger partial charge in [-0.15, -0.1) is 0 Å². The third-order valence-corrected chi connectivity index (χ3v) is 1.46. The van der Waals surface area contributed by atoms with E-state index in [1.54, 1.807) is 0 Å². The lowest BCUT2D eigenvalue weighted by Crippen LogP contribution is -2.54. The number of carboxylic acids is 2. The minimum absolute atomic E-state index is 0.0819. The van der Waals surface area contributed by atoms with E-state index in [1.165, 1.54) is 0 Å². The Hall–Kier alpha value is -1.14. The Balaban J connectivity index is 2.84. The molecule has 1 rings (SSSR count). The normalized spacial score (nSPS) is 21.7. The minimum atomic E-state index is -2.49. The maximum atomic E-state index is 10.5. The monoisotopic (exact) mass is 176 g/mol. The predicted octanol–water partition coefficient (Wildman–Crippen LogP) is -0.711. The Morgan fingerprint density at radius 1 is 1.08 bits per heavy atom. The van der Waals surface area contributed by atoms with E-state index in [-0.39, 0.29) is 13.2 Å². The van der Waals surface area contributed by atoms with Gasteiger partial charge in [0.1, 0.15) is 0 Å². The van der Waals surface area contributed by atoms with Crippen molar-refractivity contribution in [3.8, 4) is 0 Å². The molecule has 1 fully saturated rings. The number of rotatable bonds is 2. The fourth-order valence-corrected chi connectivity index (χ4v) is 0.871. The van der Waals surface area contributed by atoms with E-state index in [4.69, 9.17) is 10.2 Å². The lowest BCUT2D eigenvalue weighted by molar-refractivity contribution is -0.264. The summed E-state index contributed by atoms with van der Waals surface area (Å²) in [6.07, 6.45) is 0.502. The second-order valence-corrected chi connectivity index (χ2v) is 2.28. The molecule has 6 heteroatoms. The van der Waals surface area contributed by atoms with Gasteiger partial charge in [0.2, 0.25) is 0 Å². The molecule has 0 amide bonds. The van der Waals surface area contributed by atoms with Gasteiger partial charge in [0.15, 0.2) is 0 Å². The molecule has 6 nitrogen and oxygen atoms in total. The molecule has 2 N–H and O–H groups in total. The molecule has 0 saturated carbocycles. The van der Waals surface area contributed by atoms with Crippen LogP contribution in [-0.4, -0.2) is 41.2 Å². The predicted molar refractivity (Wildman–Crippen MR) is 34.5 cm³/mol. The molecule has 0 radical (unpaired) electrons. The molecule has 0 aromatic heterocycles. The van der Waals surface area contributed by atoms with E-state index in [2.05, 4.69) is 9.47 Å². The lowest BCUT2D eigenvalue weighted by atomic mass is 10.2. The molecular formula is C6H8O6. The van der Waals surface area contributed by atoms with Gasteiger partial charge in [-0.25, -0.2) is 9.59 Å². The van der Waals surface area contributed by atoms with E-state index >= 15 is 0 Å². The first kappa shape index (κ1) is 8.95. The van der Waals surface area contributed by atoms with Crippen LogP contribution in [0.5, 0.6) is 0 Å². The van der Waals surface area contributed by atoms with Crippen LogP contribution in [0.15, 0.2) is 0 Å². The molecule has 1 aliphatic heterocycles. The fourth-order valence-electron chi connectivity index (χ4n) is 0.871. The summed E-state index contributed by atoms with van der Waals surface area (Å²) < 4.78 is 9.13. The standard InChI is InChI=1S/C6H8O6/c7-4(8)6(5(9)10)11-2-1-3-12-6/h1-3H2,(H,7,8)(H,9,10). The molecule has 0 unspecified atom stereocenters. The van der Waals surface area contributed by atoms with Gasteiger partial charge in [0, 0.05) is 0 Å². The third kappa shape index (κ3) is 1.26. The second kappa shape index (κ2) is 3.08. The van der Waals surface area contributed by atoms with Crippen molar-refractivity contribution in [3.63, 3.8) is 0 Å². The molecule has 0 aliphatic carbocycles. The van der Waals surface area contributed by atoms with Crippen molar-refractivity contribution in [2.75, 3.05) is 13.2 Å². The Morgan fingerprint density at radius 2 is 1.50 bits per heavy atom. The third-order valence-electron chi connectivity index (χ3n) is 1.46. The van der Waals surface area contributed by atoms with Gasteiger partial charge in [-0.05, 0) is 6.42 Å². The zero-order chi connectivity index (χ0) is 9.19. The molecule has 0 aromatic carbocycles. The van der Waals surface area contributed by atoms with Crippen molar-refractivity contribution in [3.05, 3.63) is 0 Å². The average Bonchev–Trinajstić information content (AvgIpc) is 2.05. The van der Waals surface area contributed by atoms with Crippen molar-refractivity contribution >= 4 is 11.9 Å².